The summed E-state index contributed by atoms with van der Waals surface area (Å²) >= 11 is 0. The Morgan fingerprint density at radius 1 is 1.53 bits per heavy atom. The van der Waals surface area contributed by atoms with Crippen molar-refractivity contribution >= 4 is 5.97 Å². The number of carbonyl (C=O) groups is 1. The molecule has 17 heavy (non-hydrogen) atoms. The van der Waals surface area contributed by atoms with Crippen molar-refractivity contribution in [3.63, 3.8) is 0 Å². The molecule has 1 aromatic rings. The first-order valence-corrected chi connectivity index (χ1v) is 5.40. The van der Waals surface area contributed by atoms with E-state index in [-0.39, 0.29) is 13.2 Å². The van der Waals surface area contributed by atoms with Crippen LogP contribution in [0.1, 0.15) is 17.5 Å². The first kappa shape index (κ1) is 12.0. The fourth-order valence-corrected chi connectivity index (χ4v) is 1.93. The van der Waals surface area contributed by atoms with Crippen LogP contribution in [0.25, 0.3) is 0 Å². The predicted octanol–water partition coefficient (Wildman–Crippen LogP) is -1.19. The molecule has 94 valence electrons. The van der Waals surface area contributed by atoms with Gasteiger partial charge in [0.25, 0.3) is 0 Å². The third-order valence-electron chi connectivity index (χ3n) is 2.77. The van der Waals surface area contributed by atoms with Crippen LogP contribution < -0.4 is 0 Å². The van der Waals surface area contributed by atoms with Crippen LogP contribution in [0.15, 0.2) is 6.07 Å². The third-order valence-corrected chi connectivity index (χ3v) is 2.77. The first-order valence-electron chi connectivity index (χ1n) is 5.40. The van der Waals surface area contributed by atoms with E-state index >= 15 is 0 Å². The maximum absolute atomic E-state index is 10.6. The number of hydrogen-bond donors (Lipinski definition) is 3. The van der Waals surface area contributed by atoms with Gasteiger partial charge in [0.2, 0.25) is 0 Å². The van der Waals surface area contributed by atoms with Gasteiger partial charge < -0.3 is 15.3 Å². The van der Waals surface area contributed by atoms with Gasteiger partial charge in [-0.1, -0.05) is 0 Å². The molecule has 0 amide bonds. The molecule has 1 aliphatic heterocycles. The molecule has 1 atom stereocenters. The topological polar surface area (TPSA) is 98.8 Å². The summed E-state index contributed by atoms with van der Waals surface area (Å²) in [5.74, 6) is -0.853. The van der Waals surface area contributed by atoms with Gasteiger partial charge in [-0.25, -0.2) is 0 Å². The highest BCUT2D eigenvalue weighted by atomic mass is 16.4. The van der Waals surface area contributed by atoms with Gasteiger partial charge in [0.05, 0.1) is 31.1 Å². The van der Waals surface area contributed by atoms with Crippen molar-refractivity contribution < 1.29 is 20.1 Å². The number of aliphatic hydroxyl groups excluding tert-OH is 2. The standard InChI is InChI=1S/C10H15N3O4/c14-6-9(15)8-3-7-4-12(5-10(16)17)1-2-13(7)11-8/h3,9,14-15H,1-2,4-6H2,(H,16,17)/t9-/m1/s1. The lowest BCUT2D eigenvalue weighted by molar-refractivity contribution is -0.138. The second-order valence-corrected chi connectivity index (χ2v) is 4.09. The maximum Gasteiger partial charge on any atom is 0.317 e. The van der Waals surface area contributed by atoms with E-state index in [2.05, 4.69) is 5.10 Å². The highest BCUT2D eigenvalue weighted by Crippen LogP contribution is 2.17. The first-order chi connectivity index (χ1) is 8.10. The van der Waals surface area contributed by atoms with Gasteiger partial charge in [-0.3, -0.25) is 14.4 Å². The van der Waals surface area contributed by atoms with Gasteiger partial charge in [-0.15, -0.1) is 0 Å². The summed E-state index contributed by atoms with van der Waals surface area (Å²) in [7, 11) is 0. The molecule has 0 unspecified atom stereocenters. The minimum atomic E-state index is -0.971. The van der Waals surface area contributed by atoms with E-state index in [1.807, 2.05) is 0 Å². The van der Waals surface area contributed by atoms with E-state index in [1.165, 1.54) is 0 Å². The molecule has 1 aromatic heterocycles. The predicted molar refractivity (Wildman–Crippen MR) is 57.2 cm³/mol. The minimum Gasteiger partial charge on any atom is -0.480 e. The van der Waals surface area contributed by atoms with Gasteiger partial charge in [-0.05, 0) is 6.07 Å². The van der Waals surface area contributed by atoms with Crippen LogP contribution in [-0.4, -0.2) is 55.7 Å². The molecule has 1 aliphatic rings. The van der Waals surface area contributed by atoms with Gasteiger partial charge >= 0.3 is 5.97 Å². The van der Waals surface area contributed by atoms with Crippen molar-refractivity contribution in [1.29, 1.82) is 0 Å². The van der Waals surface area contributed by atoms with Crippen molar-refractivity contribution in [2.75, 3.05) is 19.7 Å². The SMILES string of the molecule is O=C(O)CN1CCn2nc([C@H](O)CO)cc2C1. The molecule has 0 saturated heterocycles. The van der Waals surface area contributed by atoms with Crippen molar-refractivity contribution in [1.82, 2.24) is 14.7 Å². The Hall–Kier alpha value is -1.44. The Morgan fingerprint density at radius 2 is 2.29 bits per heavy atom. The van der Waals surface area contributed by atoms with E-state index in [0.29, 0.717) is 25.3 Å². The number of aromatic nitrogens is 2. The molecule has 7 nitrogen and oxygen atoms in total. The summed E-state index contributed by atoms with van der Waals surface area (Å²) < 4.78 is 1.74. The molecule has 2 rings (SSSR count). The van der Waals surface area contributed by atoms with Crippen LogP contribution in [-0.2, 0) is 17.9 Å². The zero-order valence-electron chi connectivity index (χ0n) is 9.28. The summed E-state index contributed by atoms with van der Waals surface area (Å²) in [6.07, 6.45) is -0.971. The highest BCUT2D eigenvalue weighted by Gasteiger charge is 2.21. The summed E-state index contributed by atoms with van der Waals surface area (Å²) in [6, 6.07) is 1.70. The van der Waals surface area contributed by atoms with Crippen molar-refractivity contribution in [3.8, 4) is 0 Å². The number of aliphatic carboxylic acids is 1. The number of nitrogens with zero attached hydrogens (tertiary/aromatic N) is 3. The molecule has 2 heterocycles. The molecule has 0 aliphatic carbocycles. The quantitative estimate of drug-likeness (QED) is 0.613. The van der Waals surface area contributed by atoms with E-state index in [1.54, 1.807) is 15.6 Å². The summed E-state index contributed by atoms with van der Waals surface area (Å²) in [5.41, 5.74) is 1.29. The minimum absolute atomic E-state index is 0.00304. The van der Waals surface area contributed by atoms with Crippen molar-refractivity contribution in [3.05, 3.63) is 17.5 Å². The molecular formula is C10H15N3O4. The zero-order chi connectivity index (χ0) is 12.4. The highest BCUT2D eigenvalue weighted by molar-refractivity contribution is 5.69. The van der Waals surface area contributed by atoms with Gasteiger partial charge in [0.15, 0.2) is 0 Å². The van der Waals surface area contributed by atoms with Crippen LogP contribution in [0.4, 0.5) is 0 Å². The fourth-order valence-electron chi connectivity index (χ4n) is 1.93. The number of rotatable bonds is 4. The summed E-state index contributed by atoms with van der Waals surface area (Å²) in [6.45, 7) is 1.35. The third kappa shape index (κ3) is 2.63. The Labute approximate surface area is 97.9 Å². The fraction of sp³-hybridized carbons (Fsp3) is 0.600. The van der Waals surface area contributed by atoms with E-state index in [9.17, 15) is 9.90 Å². The Kier molecular flexibility index (Phi) is 3.41. The van der Waals surface area contributed by atoms with E-state index < -0.39 is 12.1 Å². The largest absolute Gasteiger partial charge is 0.480 e. The van der Waals surface area contributed by atoms with Gasteiger partial charge in [0.1, 0.15) is 6.10 Å². The summed E-state index contributed by atoms with van der Waals surface area (Å²) in [4.78, 5) is 12.4. The van der Waals surface area contributed by atoms with Crippen LogP contribution in [0.5, 0.6) is 0 Å². The molecule has 0 saturated carbocycles. The lowest BCUT2D eigenvalue weighted by Gasteiger charge is -2.25. The van der Waals surface area contributed by atoms with Crippen LogP contribution >= 0.6 is 0 Å². The molecule has 7 heteroatoms. The number of hydrogen-bond acceptors (Lipinski definition) is 5. The number of fused-ring (bicyclic) bond motifs is 1. The average Bonchev–Trinajstić information content (AvgIpc) is 2.70. The van der Waals surface area contributed by atoms with Crippen LogP contribution in [0.2, 0.25) is 0 Å². The second kappa shape index (κ2) is 4.82. The summed E-state index contributed by atoms with van der Waals surface area (Å²) in [5, 5.41) is 31.2. The zero-order valence-corrected chi connectivity index (χ0v) is 9.28. The molecule has 0 spiro atoms. The molecular weight excluding hydrogens is 226 g/mol. The van der Waals surface area contributed by atoms with Gasteiger partial charge in [-0.2, -0.15) is 5.10 Å². The average molecular weight is 241 g/mol. The lowest BCUT2D eigenvalue weighted by Crippen LogP contribution is -2.37. The molecule has 3 N–H and O–H groups in total. The second-order valence-electron chi connectivity index (χ2n) is 4.09. The maximum atomic E-state index is 10.6. The molecule has 0 radical (unpaired) electrons. The van der Waals surface area contributed by atoms with Crippen LogP contribution in [0.3, 0.4) is 0 Å². The van der Waals surface area contributed by atoms with Crippen molar-refractivity contribution in [2.24, 2.45) is 0 Å². The smallest absolute Gasteiger partial charge is 0.317 e. The molecule has 0 fully saturated rings. The van der Waals surface area contributed by atoms with E-state index in [4.69, 9.17) is 10.2 Å². The molecule has 0 aromatic carbocycles. The van der Waals surface area contributed by atoms with Gasteiger partial charge in [0, 0.05) is 13.1 Å². The van der Waals surface area contributed by atoms with E-state index in [0.717, 1.165) is 5.69 Å². The Balaban J connectivity index is 2.10. The number of aliphatic hydroxyl groups is 2. The number of carboxylic acid groups (broad SMARTS) is 1. The van der Waals surface area contributed by atoms with Crippen LogP contribution in [0, 0.1) is 0 Å². The molecule has 0 bridgehead atoms. The van der Waals surface area contributed by atoms with Crippen molar-refractivity contribution in [2.45, 2.75) is 19.2 Å². The Morgan fingerprint density at radius 3 is 2.94 bits per heavy atom. The monoisotopic (exact) mass is 241 g/mol. The lowest BCUT2D eigenvalue weighted by atomic mass is 10.2. The number of carboxylic acids is 1. The normalized spacial score (nSPS) is 17.8. The Bertz CT molecular complexity index is 418.